The van der Waals surface area contributed by atoms with Crippen LogP contribution in [0.2, 0.25) is 0 Å². The van der Waals surface area contributed by atoms with Crippen molar-refractivity contribution in [2.24, 2.45) is 11.8 Å². The largest absolute Gasteiger partial charge is 0.310 e. The quantitative estimate of drug-likeness (QED) is 0.844. The summed E-state index contributed by atoms with van der Waals surface area (Å²) in [6, 6.07) is 9.52. The number of nitrogens with one attached hydrogen (secondary N) is 1. The molecule has 0 radical (unpaired) electrons. The predicted molar refractivity (Wildman–Crippen MR) is 81.1 cm³/mol. The van der Waals surface area contributed by atoms with E-state index in [4.69, 9.17) is 0 Å². The molecule has 0 saturated heterocycles. The van der Waals surface area contributed by atoms with Crippen LogP contribution in [-0.2, 0) is 6.54 Å². The Morgan fingerprint density at radius 3 is 2.63 bits per heavy atom. The molecular weight excluding hydrogens is 230 g/mol. The van der Waals surface area contributed by atoms with Crippen LogP contribution in [0.4, 0.5) is 0 Å². The summed E-state index contributed by atoms with van der Waals surface area (Å²) < 4.78 is 0. The highest BCUT2D eigenvalue weighted by Crippen LogP contribution is 2.40. The SMILES string of the molecule is Cc1ccccc1CNC1CCC2CCCCC2C1. The van der Waals surface area contributed by atoms with Crippen LogP contribution >= 0.6 is 0 Å². The predicted octanol–water partition coefficient (Wildman–Crippen LogP) is 4.44. The summed E-state index contributed by atoms with van der Waals surface area (Å²) in [4.78, 5) is 0. The molecule has 3 atom stereocenters. The van der Waals surface area contributed by atoms with E-state index in [-0.39, 0.29) is 0 Å². The van der Waals surface area contributed by atoms with Crippen molar-refractivity contribution < 1.29 is 0 Å². The Morgan fingerprint density at radius 1 is 1.00 bits per heavy atom. The van der Waals surface area contributed by atoms with Crippen LogP contribution in [0, 0.1) is 18.8 Å². The second-order valence-electron chi connectivity index (χ2n) is 6.62. The van der Waals surface area contributed by atoms with Gasteiger partial charge in [0.15, 0.2) is 0 Å². The fraction of sp³-hybridized carbons (Fsp3) is 0.667. The molecule has 1 nitrogen and oxygen atoms in total. The van der Waals surface area contributed by atoms with Crippen LogP contribution in [0.25, 0.3) is 0 Å². The van der Waals surface area contributed by atoms with E-state index in [0.717, 1.165) is 24.4 Å². The molecule has 19 heavy (non-hydrogen) atoms. The lowest BCUT2D eigenvalue weighted by molar-refractivity contribution is 0.143. The van der Waals surface area contributed by atoms with Gasteiger partial charge in [0, 0.05) is 12.6 Å². The van der Waals surface area contributed by atoms with E-state index < -0.39 is 0 Å². The standard InChI is InChI=1S/C18H27N/c1-14-6-2-3-9-17(14)13-19-18-11-10-15-7-4-5-8-16(15)12-18/h2-3,6,9,15-16,18-19H,4-5,7-8,10-13H2,1H3. The lowest BCUT2D eigenvalue weighted by atomic mass is 9.69. The Bertz CT molecular complexity index is 412. The van der Waals surface area contributed by atoms with Crippen LogP contribution in [0.3, 0.4) is 0 Å². The first kappa shape index (κ1) is 13.2. The highest BCUT2D eigenvalue weighted by molar-refractivity contribution is 5.25. The van der Waals surface area contributed by atoms with E-state index in [0.29, 0.717) is 0 Å². The van der Waals surface area contributed by atoms with Gasteiger partial charge in [0.05, 0.1) is 0 Å². The Morgan fingerprint density at radius 2 is 1.79 bits per heavy atom. The van der Waals surface area contributed by atoms with Gasteiger partial charge in [-0.15, -0.1) is 0 Å². The van der Waals surface area contributed by atoms with E-state index in [2.05, 4.69) is 36.5 Å². The zero-order valence-electron chi connectivity index (χ0n) is 12.2. The second-order valence-corrected chi connectivity index (χ2v) is 6.62. The van der Waals surface area contributed by atoms with Gasteiger partial charge in [0.2, 0.25) is 0 Å². The first-order chi connectivity index (χ1) is 9.33. The van der Waals surface area contributed by atoms with Crippen LogP contribution in [0.15, 0.2) is 24.3 Å². The highest BCUT2D eigenvalue weighted by atomic mass is 14.9. The molecule has 1 aromatic rings. The molecule has 1 heteroatoms. The number of aryl methyl sites for hydroxylation is 1. The van der Waals surface area contributed by atoms with Gasteiger partial charge < -0.3 is 5.32 Å². The molecule has 104 valence electrons. The summed E-state index contributed by atoms with van der Waals surface area (Å²) in [6.45, 7) is 3.27. The van der Waals surface area contributed by atoms with Gasteiger partial charge in [-0.2, -0.15) is 0 Å². The topological polar surface area (TPSA) is 12.0 Å². The lowest BCUT2D eigenvalue weighted by Gasteiger charge is -2.39. The number of benzene rings is 1. The zero-order valence-corrected chi connectivity index (χ0v) is 12.2. The van der Waals surface area contributed by atoms with Gasteiger partial charge in [-0.05, 0) is 49.1 Å². The molecule has 0 heterocycles. The summed E-state index contributed by atoms with van der Waals surface area (Å²) in [5, 5.41) is 3.81. The van der Waals surface area contributed by atoms with Crippen molar-refractivity contribution in [2.75, 3.05) is 0 Å². The summed E-state index contributed by atoms with van der Waals surface area (Å²) in [5.74, 6) is 2.09. The molecule has 0 amide bonds. The summed E-state index contributed by atoms with van der Waals surface area (Å²) in [7, 11) is 0. The fourth-order valence-electron chi connectivity index (χ4n) is 4.12. The van der Waals surface area contributed by atoms with Gasteiger partial charge in [-0.3, -0.25) is 0 Å². The summed E-state index contributed by atoms with van der Waals surface area (Å²) in [6.07, 6.45) is 10.3. The van der Waals surface area contributed by atoms with Crippen molar-refractivity contribution in [3.8, 4) is 0 Å². The lowest BCUT2D eigenvalue weighted by Crippen LogP contribution is -2.38. The van der Waals surface area contributed by atoms with E-state index >= 15 is 0 Å². The molecule has 2 aliphatic rings. The van der Waals surface area contributed by atoms with Gasteiger partial charge >= 0.3 is 0 Å². The maximum Gasteiger partial charge on any atom is 0.0210 e. The molecule has 0 spiro atoms. The molecule has 2 fully saturated rings. The number of rotatable bonds is 3. The van der Waals surface area contributed by atoms with Gasteiger partial charge in [-0.25, -0.2) is 0 Å². The van der Waals surface area contributed by atoms with Gasteiger partial charge in [0.1, 0.15) is 0 Å². The van der Waals surface area contributed by atoms with Crippen LogP contribution in [-0.4, -0.2) is 6.04 Å². The Balaban J connectivity index is 1.52. The highest BCUT2D eigenvalue weighted by Gasteiger charge is 2.31. The molecule has 2 aliphatic carbocycles. The van der Waals surface area contributed by atoms with E-state index in [1.165, 1.54) is 56.1 Å². The Labute approximate surface area is 117 Å². The van der Waals surface area contributed by atoms with Crippen molar-refractivity contribution in [3.63, 3.8) is 0 Å². The van der Waals surface area contributed by atoms with Crippen molar-refractivity contribution in [1.82, 2.24) is 5.32 Å². The second kappa shape index (κ2) is 6.09. The monoisotopic (exact) mass is 257 g/mol. The molecule has 1 N–H and O–H groups in total. The minimum Gasteiger partial charge on any atom is -0.310 e. The molecule has 3 unspecified atom stereocenters. The fourth-order valence-corrected chi connectivity index (χ4v) is 4.12. The minimum absolute atomic E-state index is 0.763. The first-order valence-electron chi connectivity index (χ1n) is 8.11. The molecular formula is C18H27N. The number of hydrogen-bond acceptors (Lipinski definition) is 1. The Hall–Kier alpha value is -0.820. The van der Waals surface area contributed by atoms with Crippen LogP contribution in [0.5, 0.6) is 0 Å². The molecule has 3 rings (SSSR count). The number of fused-ring (bicyclic) bond motifs is 1. The summed E-state index contributed by atoms with van der Waals surface area (Å²) >= 11 is 0. The first-order valence-corrected chi connectivity index (χ1v) is 8.11. The molecule has 1 aromatic carbocycles. The minimum atomic E-state index is 0.763. The summed E-state index contributed by atoms with van der Waals surface area (Å²) in [5.41, 5.74) is 2.88. The third kappa shape index (κ3) is 3.20. The molecule has 0 aliphatic heterocycles. The smallest absolute Gasteiger partial charge is 0.0210 e. The van der Waals surface area contributed by atoms with Crippen molar-refractivity contribution in [1.29, 1.82) is 0 Å². The maximum absolute atomic E-state index is 3.81. The van der Waals surface area contributed by atoms with Crippen molar-refractivity contribution in [2.45, 2.75) is 64.5 Å². The number of hydrogen-bond donors (Lipinski definition) is 1. The Kier molecular flexibility index (Phi) is 4.22. The van der Waals surface area contributed by atoms with Crippen molar-refractivity contribution >= 4 is 0 Å². The zero-order chi connectivity index (χ0) is 13.1. The van der Waals surface area contributed by atoms with Gasteiger partial charge in [-0.1, -0.05) is 49.9 Å². The third-order valence-electron chi connectivity index (χ3n) is 5.38. The average Bonchev–Trinajstić information content (AvgIpc) is 2.46. The molecule has 2 saturated carbocycles. The third-order valence-corrected chi connectivity index (χ3v) is 5.38. The molecule has 0 aromatic heterocycles. The van der Waals surface area contributed by atoms with E-state index in [9.17, 15) is 0 Å². The normalized spacial score (nSPS) is 30.9. The maximum atomic E-state index is 3.81. The van der Waals surface area contributed by atoms with Crippen LogP contribution in [0.1, 0.15) is 56.1 Å². The molecule has 0 bridgehead atoms. The van der Waals surface area contributed by atoms with Crippen molar-refractivity contribution in [3.05, 3.63) is 35.4 Å². The average molecular weight is 257 g/mol. The van der Waals surface area contributed by atoms with Gasteiger partial charge in [0.25, 0.3) is 0 Å². The van der Waals surface area contributed by atoms with Crippen LogP contribution < -0.4 is 5.32 Å². The van der Waals surface area contributed by atoms with E-state index in [1.54, 1.807) is 0 Å². The van der Waals surface area contributed by atoms with E-state index in [1.807, 2.05) is 0 Å².